The van der Waals surface area contributed by atoms with E-state index in [4.69, 9.17) is 11.6 Å². The van der Waals surface area contributed by atoms with E-state index in [1.54, 1.807) is 22.6 Å². The fourth-order valence-electron chi connectivity index (χ4n) is 0.867. The van der Waals surface area contributed by atoms with Crippen LogP contribution < -0.4 is 5.56 Å². The van der Waals surface area contributed by atoms with Crippen LogP contribution >= 0.6 is 34.2 Å². The lowest BCUT2D eigenvalue weighted by Gasteiger charge is -2.04. The number of hydrogen-bond donors (Lipinski definition) is 0. The van der Waals surface area contributed by atoms with Crippen LogP contribution in [-0.2, 0) is 16.4 Å². The molecule has 0 atom stereocenters. The minimum Gasteiger partial charge on any atom is -0.297 e. The van der Waals surface area contributed by atoms with Crippen molar-refractivity contribution in [2.45, 2.75) is 6.54 Å². The molecule has 1 aromatic rings. The summed E-state index contributed by atoms with van der Waals surface area (Å²) in [5, 5.41) is 0.135. The molecule has 5 nitrogen and oxygen atoms in total. The van der Waals surface area contributed by atoms with Crippen LogP contribution in [0, 0.1) is 3.57 Å². The van der Waals surface area contributed by atoms with Crippen LogP contribution in [0.5, 0.6) is 0 Å². The van der Waals surface area contributed by atoms with Crippen LogP contribution in [0.4, 0.5) is 0 Å². The second-order valence-corrected chi connectivity index (χ2v) is 6.67. The molecule has 0 aliphatic rings. The molecule has 8 heteroatoms. The summed E-state index contributed by atoms with van der Waals surface area (Å²) in [5.41, 5.74) is -0.320. The highest BCUT2D eigenvalue weighted by Crippen LogP contribution is 2.09. The van der Waals surface area contributed by atoms with E-state index in [-0.39, 0.29) is 23.0 Å². The van der Waals surface area contributed by atoms with Crippen molar-refractivity contribution in [3.05, 3.63) is 25.4 Å². The first kappa shape index (κ1) is 12.9. The van der Waals surface area contributed by atoms with Gasteiger partial charge in [0.2, 0.25) is 0 Å². The summed E-state index contributed by atoms with van der Waals surface area (Å²) < 4.78 is 23.3. The van der Waals surface area contributed by atoms with E-state index in [9.17, 15) is 13.2 Å². The van der Waals surface area contributed by atoms with Gasteiger partial charge in [0.05, 0.1) is 12.1 Å². The predicted molar refractivity (Wildman–Crippen MR) is 65.9 cm³/mol. The van der Waals surface area contributed by atoms with Crippen LogP contribution in [0.2, 0.25) is 5.15 Å². The Morgan fingerprint density at radius 2 is 2.20 bits per heavy atom. The lowest BCUT2D eigenvalue weighted by Crippen LogP contribution is -2.26. The molecule has 0 saturated carbocycles. The molecule has 0 N–H and O–H groups in total. The Morgan fingerprint density at radius 1 is 1.60 bits per heavy atom. The van der Waals surface area contributed by atoms with E-state index in [0.717, 1.165) is 6.26 Å². The summed E-state index contributed by atoms with van der Waals surface area (Å²) in [6, 6.07) is 0. The molecule has 0 radical (unpaired) electrons. The van der Waals surface area contributed by atoms with Gasteiger partial charge in [-0.2, -0.15) is 0 Å². The smallest absolute Gasteiger partial charge is 0.268 e. The molecule has 0 aliphatic carbocycles. The topological polar surface area (TPSA) is 69.0 Å². The third-order valence-corrected chi connectivity index (χ3v) is 4.15. The Morgan fingerprint density at radius 3 is 2.73 bits per heavy atom. The van der Waals surface area contributed by atoms with Crippen molar-refractivity contribution in [1.29, 1.82) is 0 Å². The Labute approximate surface area is 106 Å². The minimum absolute atomic E-state index is 0.0910. The highest BCUT2D eigenvalue weighted by Gasteiger charge is 2.08. The zero-order valence-electron chi connectivity index (χ0n) is 7.77. The molecule has 0 spiro atoms. The maximum atomic E-state index is 11.5. The molecule has 84 valence electrons. The molecule has 15 heavy (non-hydrogen) atoms. The van der Waals surface area contributed by atoms with E-state index in [1.165, 1.54) is 10.9 Å². The van der Waals surface area contributed by atoms with Crippen LogP contribution in [0.3, 0.4) is 0 Å². The minimum atomic E-state index is -3.08. The number of aromatic nitrogens is 2. The van der Waals surface area contributed by atoms with Crippen molar-refractivity contribution in [3.63, 3.8) is 0 Å². The van der Waals surface area contributed by atoms with Crippen molar-refractivity contribution in [2.75, 3.05) is 12.0 Å². The zero-order chi connectivity index (χ0) is 11.6. The van der Waals surface area contributed by atoms with Crippen molar-refractivity contribution < 1.29 is 8.42 Å². The molecule has 0 unspecified atom stereocenters. The maximum Gasteiger partial charge on any atom is 0.268 e. The van der Waals surface area contributed by atoms with E-state index in [0.29, 0.717) is 3.57 Å². The molecule has 1 aromatic heterocycles. The fraction of sp³-hybridized carbons (Fsp3) is 0.429. The third-order valence-electron chi connectivity index (χ3n) is 1.64. The first-order valence-electron chi connectivity index (χ1n) is 3.89. The summed E-state index contributed by atoms with van der Waals surface area (Å²) in [6.07, 6.45) is 2.37. The average Bonchev–Trinajstić information content (AvgIpc) is 2.12. The summed E-state index contributed by atoms with van der Waals surface area (Å²) >= 11 is 7.40. The van der Waals surface area contributed by atoms with Crippen molar-refractivity contribution in [3.8, 4) is 0 Å². The lowest BCUT2D eigenvalue weighted by atomic mass is 10.6. The Kier molecular flexibility index (Phi) is 4.13. The van der Waals surface area contributed by atoms with Gasteiger partial charge >= 0.3 is 0 Å². The standard InChI is InChI=1S/C7H8ClIN2O3S/c1-15(13,14)3-2-11-4-10-6(8)5(9)7(11)12/h4H,2-3H2,1H3. The van der Waals surface area contributed by atoms with E-state index < -0.39 is 9.84 Å². The Balaban J connectivity index is 2.98. The van der Waals surface area contributed by atoms with Crippen molar-refractivity contribution in [1.82, 2.24) is 9.55 Å². The Bertz CT molecular complexity index is 526. The fourth-order valence-corrected chi connectivity index (χ4v) is 1.97. The Hall–Kier alpha value is -0.150. The van der Waals surface area contributed by atoms with Crippen LogP contribution in [0.25, 0.3) is 0 Å². The number of rotatable bonds is 3. The number of nitrogens with zero attached hydrogens (tertiary/aromatic N) is 2. The predicted octanol–water partition coefficient (Wildman–Crippen LogP) is 0.546. The summed E-state index contributed by atoms with van der Waals surface area (Å²) in [7, 11) is -3.08. The molecule has 0 aromatic carbocycles. The number of hydrogen-bond acceptors (Lipinski definition) is 4. The van der Waals surface area contributed by atoms with Gasteiger partial charge in [-0.15, -0.1) is 0 Å². The zero-order valence-corrected chi connectivity index (χ0v) is 11.5. The van der Waals surface area contributed by atoms with Crippen LogP contribution in [0.15, 0.2) is 11.1 Å². The maximum absolute atomic E-state index is 11.5. The van der Waals surface area contributed by atoms with Gasteiger partial charge in [-0.25, -0.2) is 13.4 Å². The third kappa shape index (κ3) is 3.72. The summed E-state index contributed by atoms with van der Waals surface area (Å²) in [6.45, 7) is 0.0951. The second kappa shape index (κ2) is 4.79. The first-order chi connectivity index (χ1) is 6.81. The van der Waals surface area contributed by atoms with Gasteiger partial charge in [-0.1, -0.05) is 11.6 Å². The highest BCUT2D eigenvalue weighted by atomic mass is 127. The SMILES string of the molecule is CS(=O)(=O)CCn1cnc(Cl)c(I)c1=O. The monoisotopic (exact) mass is 362 g/mol. The van der Waals surface area contributed by atoms with Gasteiger partial charge < -0.3 is 0 Å². The molecule has 0 aliphatic heterocycles. The number of halogens is 2. The lowest BCUT2D eigenvalue weighted by molar-refractivity contribution is 0.591. The van der Waals surface area contributed by atoms with Gasteiger partial charge in [-0.3, -0.25) is 9.36 Å². The molecule has 0 saturated heterocycles. The first-order valence-corrected chi connectivity index (χ1v) is 7.41. The number of aryl methyl sites for hydroxylation is 1. The van der Waals surface area contributed by atoms with Crippen molar-refractivity contribution in [2.24, 2.45) is 0 Å². The van der Waals surface area contributed by atoms with Crippen LogP contribution in [0.1, 0.15) is 0 Å². The quantitative estimate of drug-likeness (QED) is 0.581. The van der Waals surface area contributed by atoms with Crippen molar-refractivity contribution >= 4 is 44.0 Å². The van der Waals surface area contributed by atoms with Gasteiger partial charge in [-0.05, 0) is 22.6 Å². The summed E-state index contributed by atoms with van der Waals surface area (Å²) in [4.78, 5) is 15.3. The normalized spacial score (nSPS) is 11.7. The summed E-state index contributed by atoms with van der Waals surface area (Å²) in [5.74, 6) is -0.0910. The average molecular weight is 363 g/mol. The number of sulfone groups is 1. The van der Waals surface area contributed by atoms with Gasteiger partial charge in [0, 0.05) is 12.8 Å². The van der Waals surface area contributed by atoms with Crippen LogP contribution in [-0.4, -0.2) is 30.0 Å². The van der Waals surface area contributed by atoms with Gasteiger partial charge in [0.15, 0.2) is 0 Å². The van der Waals surface area contributed by atoms with E-state index in [2.05, 4.69) is 4.98 Å². The molecule has 0 fully saturated rings. The molecular formula is C7H8ClIN2O3S. The molecule has 0 bridgehead atoms. The van der Waals surface area contributed by atoms with E-state index >= 15 is 0 Å². The molecule has 1 heterocycles. The van der Waals surface area contributed by atoms with Gasteiger partial charge in [0.25, 0.3) is 5.56 Å². The highest BCUT2D eigenvalue weighted by molar-refractivity contribution is 14.1. The largest absolute Gasteiger partial charge is 0.297 e. The molecular weight excluding hydrogens is 355 g/mol. The molecule has 0 amide bonds. The van der Waals surface area contributed by atoms with Gasteiger partial charge in [0.1, 0.15) is 18.6 Å². The van der Waals surface area contributed by atoms with E-state index in [1.807, 2.05) is 0 Å². The molecule has 1 rings (SSSR count). The second-order valence-electron chi connectivity index (χ2n) is 2.98.